The monoisotopic (exact) mass is 468 g/mol. The van der Waals surface area contributed by atoms with E-state index in [4.69, 9.17) is 23.2 Å². The third-order valence-electron chi connectivity index (χ3n) is 4.93. The van der Waals surface area contributed by atoms with Gasteiger partial charge < -0.3 is 4.90 Å². The highest BCUT2D eigenvalue weighted by molar-refractivity contribution is 8.16. The Kier molecular flexibility index (Phi) is 5.93. The van der Waals surface area contributed by atoms with Gasteiger partial charge in [0.25, 0.3) is 0 Å². The molecule has 0 bridgehead atoms. The third kappa shape index (κ3) is 4.63. The molecule has 0 N–H and O–H groups in total. The van der Waals surface area contributed by atoms with Crippen molar-refractivity contribution in [1.82, 2.24) is 0 Å². The SMILES string of the molecule is O=C(CCc1ccccc1)N=C1SC2CS(=O)(=O)CC2N1c1ccc(Cl)cc1Cl. The molecule has 2 aliphatic rings. The Labute approximate surface area is 184 Å². The van der Waals surface area contributed by atoms with Crippen molar-refractivity contribution in [3.63, 3.8) is 0 Å². The predicted octanol–water partition coefficient (Wildman–Crippen LogP) is 4.23. The number of nitrogens with zero attached hydrogens (tertiary/aromatic N) is 2. The van der Waals surface area contributed by atoms with Gasteiger partial charge in [-0.15, -0.1) is 0 Å². The number of carbonyl (C=O) groups is 1. The summed E-state index contributed by atoms with van der Waals surface area (Å²) in [6.07, 6.45) is 0.883. The summed E-state index contributed by atoms with van der Waals surface area (Å²) < 4.78 is 24.3. The summed E-state index contributed by atoms with van der Waals surface area (Å²) in [6, 6.07) is 14.5. The van der Waals surface area contributed by atoms with Gasteiger partial charge in [-0.05, 0) is 30.2 Å². The molecule has 0 aliphatic carbocycles. The summed E-state index contributed by atoms with van der Waals surface area (Å²) in [5.74, 6) is -0.156. The number of hydrogen-bond donors (Lipinski definition) is 0. The second-order valence-corrected chi connectivity index (χ2v) is 11.2. The maximum Gasteiger partial charge on any atom is 0.248 e. The van der Waals surface area contributed by atoms with Crippen molar-refractivity contribution < 1.29 is 13.2 Å². The number of aryl methyl sites for hydroxylation is 1. The minimum absolute atomic E-state index is 0.0147. The molecule has 29 heavy (non-hydrogen) atoms. The van der Waals surface area contributed by atoms with E-state index < -0.39 is 9.84 Å². The lowest BCUT2D eigenvalue weighted by Gasteiger charge is -2.25. The van der Waals surface area contributed by atoms with Gasteiger partial charge in [0, 0.05) is 16.7 Å². The normalized spacial score (nSPS) is 24.1. The van der Waals surface area contributed by atoms with Gasteiger partial charge in [-0.1, -0.05) is 65.3 Å². The van der Waals surface area contributed by atoms with Gasteiger partial charge in [0.2, 0.25) is 5.91 Å². The van der Waals surface area contributed by atoms with Crippen LogP contribution in [0.5, 0.6) is 0 Å². The number of aliphatic imine (C=N–C) groups is 1. The molecule has 0 saturated carbocycles. The molecule has 2 atom stereocenters. The number of rotatable bonds is 4. The van der Waals surface area contributed by atoms with Crippen LogP contribution in [0.2, 0.25) is 10.0 Å². The van der Waals surface area contributed by atoms with Gasteiger partial charge in [0.1, 0.15) is 0 Å². The molecule has 9 heteroatoms. The summed E-state index contributed by atoms with van der Waals surface area (Å²) in [4.78, 5) is 18.6. The van der Waals surface area contributed by atoms with E-state index in [0.717, 1.165) is 5.56 Å². The molecule has 4 rings (SSSR count). The van der Waals surface area contributed by atoms with E-state index in [1.54, 1.807) is 23.1 Å². The van der Waals surface area contributed by atoms with Crippen molar-refractivity contribution in [3.8, 4) is 0 Å². The summed E-state index contributed by atoms with van der Waals surface area (Å²) >= 11 is 13.7. The Hall–Kier alpha value is -1.54. The predicted molar refractivity (Wildman–Crippen MR) is 120 cm³/mol. The van der Waals surface area contributed by atoms with Crippen LogP contribution in [-0.4, -0.2) is 42.3 Å². The average molecular weight is 469 g/mol. The fourth-order valence-corrected chi connectivity index (χ4v) is 8.01. The second kappa shape index (κ2) is 8.30. The first kappa shape index (κ1) is 20.7. The van der Waals surface area contributed by atoms with Crippen LogP contribution in [0.4, 0.5) is 5.69 Å². The molecule has 0 spiro atoms. The van der Waals surface area contributed by atoms with Gasteiger partial charge in [-0.3, -0.25) is 4.79 Å². The Balaban J connectivity index is 1.60. The molecule has 2 aliphatic heterocycles. The summed E-state index contributed by atoms with van der Waals surface area (Å²) in [5, 5.41) is 1.20. The van der Waals surface area contributed by atoms with Gasteiger partial charge >= 0.3 is 0 Å². The Morgan fingerprint density at radius 3 is 2.62 bits per heavy atom. The van der Waals surface area contributed by atoms with Crippen molar-refractivity contribution >= 4 is 61.6 Å². The topological polar surface area (TPSA) is 66.8 Å². The fraction of sp³-hybridized carbons (Fsp3) is 0.300. The van der Waals surface area contributed by atoms with Gasteiger partial charge in [-0.2, -0.15) is 4.99 Å². The van der Waals surface area contributed by atoms with E-state index in [2.05, 4.69) is 4.99 Å². The van der Waals surface area contributed by atoms with Crippen LogP contribution >= 0.6 is 35.0 Å². The molecule has 2 aromatic rings. The number of halogens is 2. The summed E-state index contributed by atoms with van der Waals surface area (Å²) in [5.41, 5.74) is 1.68. The molecule has 2 fully saturated rings. The van der Waals surface area contributed by atoms with E-state index in [9.17, 15) is 13.2 Å². The average Bonchev–Trinajstić information content (AvgIpc) is 3.12. The molecule has 2 heterocycles. The van der Waals surface area contributed by atoms with E-state index >= 15 is 0 Å². The largest absolute Gasteiger partial charge is 0.314 e. The van der Waals surface area contributed by atoms with E-state index in [1.807, 2.05) is 30.3 Å². The highest BCUT2D eigenvalue weighted by Crippen LogP contribution is 2.43. The van der Waals surface area contributed by atoms with E-state index in [1.165, 1.54) is 11.8 Å². The second-order valence-electron chi connectivity index (χ2n) is 7.04. The van der Waals surface area contributed by atoms with Gasteiger partial charge in [-0.25, -0.2) is 8.42 Å². The number of amidine groups is 1. The number of hydrogen-bond acceptors (Lipinski definition) is 4. The zero-order valence-electron chi connectivity index (χ0n) is 15.3. The van der Waals surface area contributed by atoms with Gasteiger partial charge in [0.05, 0.1) is 28.3 Å². The van der Waals surface area contributed by atoms with Crippen LogP contribution in [0.3, 0.4) is 0 Å². The van der Waals surface area contributed by atoms with Crippen molar-refractivity contribution in [2.45, 2.75) is 24.1 Å². The molecular formula is C20H18Cl2N2O3S2. The molecule has 2 unspecified atom stereocenters. The zero-order valence-corrected chi connectivity index (χ0v) is 18.4. The number of anilines is 1. The highest BCUT2D eigenvalue weighted by atomic mass is 35.5. The highest BCUT2D eigenvalue weighted by Gasteiger charge is 2.49. The van der Waals surface area contributed by atoms with Gasteiger partial charge in [0.15, 0.2) is 15.0 Å². The lowest BCUT2D eigenvalue weighted by atomic mass is 10.1. The molecular weight excluding hydrogens is 451 g/mol. The third-order valence-corrected chi connectivity index (χ3v) is 8.67. The van der Waals surface area contributed by atoms with Crippen molar-refractivity contribution in [2.75, 3.05) is 16.4 Å². The smallest absolute Gasteiger partial charge is 0.248 e. The summed E-state index contributed by atoms with van der Waals surface area (Å²) in [7, 11) is -3.14. The standard InChI is InChI=1S/C20H18Cl2N2O3S2/c21-14-7-8-16(15(22)10-14)24-17-11-29(26,27)12-18(17)28-20(24)23-19(25)9-6-13-4-2-1-3-5-13/h1-5,7-8,10,17-18H,6,9,11-12H2. The Bertz CT molecular complexity index is 1070. The first-order valence-electron chi connectivity index (χ1n) is 9.09. The number of benzene rings is 2. The van der Waals surface area contributed by atoms with E-state index in [-0.39, 0.29) is 35.1 Å². The number of fused-ring (bicyclic) bond motifs is 1. The Morgan fingerprint density at radius 1 is 1.14 bits per heavy atom. The van der Waals surface area contributed by atoms with Crippen LogP contribution in [0.25, 0.3) is 0 Å². The van der Waals surface area contributed by atoms with E-state index in [0.29, 0.717) is 27.3 Å². The maximum atomic E-state index is 12.5. The first-order chi connectivity index (χ1) is 13.8. The number of amides is 1. The molecule has 152 valence electrons. The molecule has 1 amide bonds. The number of thioether (sulfide) groups is 1. The number of carbonyl (C=O) groups excluding carboxylic acids is 1. The lowest BCUT2D eigenvalue weighted by Crippen LogP contribution is -2.37. The van der Waals surface area contributed by atoms with Crippen LogP contribution in [-0.2, 0) is 21.1 Å². The van der Waals surface area contributed by atoms with Crippen LogP contribution in [0, 0.1) is 0 Å². The number of sulfone groups is 1. The van der Waals surface area contributed by atoms with Crippen molar-refractivity contribution in [2.24, 2.45) is 4.99 Å². The van der Waals surface area contributed by atoms with Crippen LogP contribution in [0.1, 0.15) is 12.0 Å². The molecule has 5 nitrogen and oxygen atoms in total. The zero-order chi connectivity index (χ0) is 20.6. The minimum Gasteiger partial charge on any atom is -0.314 e. The molecule has 2 saturated heterocycles. The van der Waals surface area contributed by atoms with Crippen LogP contribution < -0.4 is 4.90 Å². The van der Waals surface area contributed by atoms with Crippen molar-refractivity contribution in [1.29, 1.82) is 0 Å². The quantitative estimate of drug-likeness (QED) is 0.671. The Morgan fingerprint density at radius 2 is 1.90 bits per heavy atom. The minimum atomic E-state index is -3.14. The first-order valence-corrected chi connectivity index (χ1v) is 12.5. The maximum absolute atomic E-state index is 12.5. The summed E-state index contributed by atoms with van der Waals surface area (Å²) in [6.45, 7) is 0. The molecule has 0 radical (unpaired) electrons. The molecule has 2 aromatic carbocycles. The fourth-order valence-electron chi connectivity index (χ4n) is 3.58. The molecule has 0 aromatic heterocycles. The van der Waals surface area contributed by atoms with Crippen molar-refractivity contribution in [3.05, 3.63) is 64.1 Å². The lowest BCUT2D eigenvalue weighted by molar-refractivity contribution is -0.117. The van der Waals surface area contributed by atoms with Crippen LogP contribution in [0.15, 0.2) is 53.5 Å².